The Morgan fingerprint density at radius 1 is 1.36 bits per heavy atom. The van der Waals surface area contributed by atoms with Gasteiger partial charge in [0.15, 0.2) is 0 Å². The Labute approximate surface area is 149 Å². The van der Waals surface area contributed by atoms with Gasteiger partial charge >= 0.3 is 0 Å². The fraction of sp³-hybridized carbons (Fsp3) is 0.722. The number of carbonyl (C=O) groups is 1. The molecule has 7 nitrogen and oxygen atoms in total. The largest absolute Gasteiger partial charge is 0.381 e. The number of likely N-dealkylation sites (tertiary alicyclic amines) is 1. The first-order valence-electron chi connectivity index (χ1n) is 9.05. The van der Waals surface area contributed by atoms with Gasteiger partial charge in [0.2, 0.25) is 5.91 Å². The van der Waals surface area contributed by atoms with Crippen molar-refractivity contribution in [2.75, 3.05) is 46.5 Å². The van der Waals surface area contributed by atoms with Crippen LogP contribution < -0.4 is 0 Å². The van der Waals surface area contributed by atoms with E-state index in [1.165, 1.54) is 0 Å². The summed E-state index contributed by atoms with van der Waals surface area (Å²) in [6, 6.07) is 1.96. The molecule has 2 fully saturated rings. The van der Waals surface area contributed by atoms with Crippen molar-refractivity contribution in [2.45, 2.75) is 32.4 Å². The number of nitrogens with zero attached hydrogens (tertiary/aromatic N) is 4. The minimum absolute atomic E-state index is 0.147. The first-order valence-corrected chi connectivity index (χ1v) is 9.05. The zero-order valence-corrected chi connectivity index (χ0v) is 15.2. The topological polar surface area (TPSA) is 67.8 Å². The second kappa shape index (κ2) is 8.69. The van der Waals surface area contributed by atoms with Gasteiger partial charge in [-0.05, 0) is 19.4 Å². The third-order valence-electron chi connectivity index (χ3n) is 5.07. The third kappa shape index (κ3) is 4.96. The van der Waals surface area contributed by atoms with Gasteiger partial charge in [0.25, 0.3) is 0 Å². The lowest BCUT2D eigenvalue weighted by Gasteiger charge is -2.38. The van der Waals surface area contributed by atoms with E-state index in [2.05, 4.69) is 14.9 Å². The van der Waals surface area contributed by atoms with Crippen LogP contribution in [0.3, 0.4) is 0 Å². The summed E-state index contributed by atoms with van der Waals surface area (Å²) in [4.78, 5) is 25.5. The number of aryl methyl sites for hydroxylation is 1. The van der Waals surface area contributed by atoms with Gasteiger partial charge in [-0.25, -0.2) is 9.97 Å². The molecule has 2 saturated heterocycles. The fourth-order valence-electron chi connectivity index (χ4n) is 3.72. The van der Waals surface area contributed by atoms with E-state index in [1.807, 2.05) is 17.9 Å². The average molecular weight is 348 g/mol. The van der Waals surface area contributed by atoms with E-state index in [0.29, 0.717) is 32.7 Å². The summed E-state index contributed by atoms with van der Waals surface area (Å²) in [6.45, 7) is 7.21. The maximum absolute atomic E-state index is 12.6. The van der Waals surface area contributed by atoms with Crippen LogP contribution in [0.1, 0.15) is 24.4 Å². The Hall–Kier alpha value is -1.57. The fourth-order valence-corrected chi connectivity index (χ4v) is 3.72. The van der Waals surface area contributed by atoms with Gasteiger partial charge in [-0.15, -0.1) is 0 Å². The number of carbonyl (C=O) groups excluding carboxylic acids is 1. The summed E-state index contributed by atoms with van der Waals surface area (Å²) >= 11 is 0. The Balaban J connectivity index is 1.59. The van der Waals surface area contributed by atoms with Crippen LogP contribution in [0.2, 0.25) is 0 Å². The maximum Gasteiger partial charge on any atom is 0.223 e. The number of amides is 1. The standard InChI is InChI=1S/C18H28N4O3/c1-14-19-5-3-16(20-14)13-21-6-4-17(24-2)15(12-21)11-18(23)22-7-9-25-10-8-22/h3,5,15,17H,4,6-13H2,1-2H3/t15-,17-/m1/s1. The Morgan fingerprint density at radius 2 is 2.16 bits per heavy atom. The second-order valence-corrected chi connectivity index (χ2v) is 6.85. The Kier molecular flexibility index (Phi) is 6.34. The molecule has 0 radical (unpaired) electrons. The summed E-state index contributed by atoms with van der Waals surface area (Å²) in [5.74, 6) is 1.23. The Bertz CT molecular complexity index is 577. The SMILES string of the molecule is CO[C@@H]1CCN(Cc2ccnc(C)n2)C[C@H]1CC(=O)N1CCOCC1. The number of methoxy groups -OCH3 is 1. The molecule has 2 aliphatic heterocycles. The molecular weight excluding hydrogens is 320 g/mol. The first-order chi connectivity index (χ1) is 12.2. The van der Waals surface area contributed by atoms with Crippen molar-refractivity contribution in [1.82, 2.24) is 19.8 Å². The van der Waals surface area contributed by atoms with E-state index in [4.69, 9.17) is 9.47 Å². The highest BCUT2D eigenvalue weighted by molar-refractivity contribution is 5.76. The summed E-state index contributed by atoms with van der Waals surface area (Å²) in [7, 11) is 1.75. The molecule has 1 aromatic rings. The highest BCUT2D eigenvalue weighted by atomic mass is 16.5. The lowest BCUT2D eigenvalue weighted by Crippen LogP contribution is -2.47. The van der Waals surface area contributed by atoms with Crippen molar-refractivity contribution in [3.8, 4) is 0 Å². The molecule has 0 spiro atoms. The molecule has 0 saturated carbocycles. The lowest BCUT2D eigenvalue weighted by atomic mass is 9.90. The van der Waals surface area contributed by atoms with Gasteiger partial charge in [0.05, 0.1) is 25.0 Å². The predicted molar refractivity (Wildman–Crippen MR) is 93.0 cm³/mol. The van der Waals surface area contributed by atoms with Crippen LogP contribution >= 0.6 is 0 Å². The number of morpholine rings is 1. The van der Waals surface area contributed by atoms with Gasteiger partial charge in [0, 0.05) is 58.4 Å². The number of piperidine rings is 1. The van der Waals surface area contributed by atoms with Crippen LogP contribution in [0.15, 0.2) is 12.3 Å². The quantitative estimate of drug-likeness (QED) is 0.787. The van der Waals surface area contributed by atoms with Crippen LogP contribution in [-0.4, -0.2) is 78.3 Å². The molecule has 1 aromatic heterocycles. The van der Waals surface area contributed by atoms with E-state index in [9.17, 15) is 4.79 Å². The zero-order chi connectivity index (χ0) is 17.6. The number of ether oxygens (including phenoxy) is 2. The van der Waals surface area contributed by atoms with E-state index >= 15 is 0 Å². The van der Waals surface area contributed by atoms with E-state index in [0.717, 1.165) is 37.6 Å². The highest BCUT2D eigenvalue weighted by Gasteiger charge is 2.32. The highest BCUT2D eigenvalue weighted by Crippen LogP contribution is 2.25. The summed E-state index contributed by atoms with van der Waals surface area (Å²) in [5, 5.41) is 0. The molecule has 3 heterocycles. The number of hydrogen-bond donors (Lipinski definition) is 0. The molecule has 3 rings (SSSR count). The van der Waals surface area contributed by atoms with Gasteiger partial charge < -0.3 is 14.4 Å². The van der Waals surface area contributed by atoms with Crippen LogP contribution in [0.5, 0.6) is 0 Å². The van der Waals surface area contributed by atoms with Crippen LogP contribution in [0.25, 0.3) is 0 Å². The molecule has 7 heteroatoms. The molecule has 0 bridgehead atoms. The van der Waals surface area contributed by atoms with Gasteiger partial charge in [-0.3, -0.25) is 9.69 Å². The summed E-state index contributed by atoms with van der Waals surface area (Å²) < 4.78 is 11.0. The molecule has 2 atom stereocenters. The van der Waals surface area contributed by atoms with Gasteiger partial charge in [-0.1, -0.05) is 0 Å². The summed E-state index contributed by atoms with van der Waals surface area (Å²) in [6.07, 6.45) is 3.44. The average Bonchev–Trinajstić information content (AvgIpc) is 2.63. The molecule has 138 valence electrons. The molecule has 25 heavy (non-hydrogen) atoms. The van der Waals surface area contributed by atoms with Crippen molar-refractivity contribution in [2.24, 2.45) is 5.92 Å². The molecule has 0 unspecified atom stereocenters. The Morgan fingerprint density at radius 3 is 2.88 bits per heavy atom. The molecule has 0 aliphatic carbocycles. The van der Waals surface area contributed by atoms with Gasteiger partial charge in [-0.2, -0.15) is 0 Å². The monoisotopic (exact) mass is 348 g/mol. The number of aromatic nitrogens is 2. The van der Waals surface area contributed by atoms with E-state index in [-0.39, 0.29) is 17.9 Å². The summed E-state index contributed by atoms with van der Waals surface area (Å²) in [5.41, 5.74) is 1.03. The van der Waals surface area contributed by atoms with Crippen molar-refractivity contribution in [3.63, 3.8) is 0 Å². The van der Waals surface area contributed by atoms with Crippen molar-refractivity contribution in [1.29, 1.82) is 0 Å². The first kappa shape index (κ1) is 18.2. The van der Waals surface area contributed by atoms with E-state index < -0.39 is 0 Å². The molecule has 1 amide bonds. The van der Waals surface area contributed by atoms with Crippen molar-refractivity contribution >= 4 is 5.91 Å². The van der Waals surface area contributed by atoms with E-state index in [1.54, 1.807) is 13.3 Å². The number of hydrogen-bond acceptors (Lipinski definition) is 6. The minimum atomic E-state index is 0.147. The maximum atomic E-state index is 12.6. The smallest absolute Gasteiger partial charge is 0.223 e. The van der Waals surface area contributed by atoms with Crippen LogP contribution in [-0.2, 0) is 20.8 Å². The molecule has 2 aliphatic rings. The predicted octanol–water partition coefficient (Wildman–Crippen LogP) is 0.871. The van der Waals surface area contributed by atoms with Crippen LogP contribution in [0, 0.1) is 12.8 Å². The normalized spacial score (nSPS) is 25.1. The second-order valence-electron chi connectivity index (χ2n) is 6.85. The van der Waals surface area contributed by atoms with Crippen LogP contribution in [0.4, 0.5) is 0 Å². The lowest BCUT2D eigenvalue weighted by molar-refractivity contribution is -0.138. The van der Waals surface area contributed by atoms with Crippen molar-refractivity contribution in [3.05, 3.63) is 23.8 Å². The minimum Gasteiger partial charge on any atom is -0.381 e. The zero-order valence-electron chi connectivity index (χ0n) is 15.2. The third-order valence-corrected chi connectivity index (χ3v) is 5.07. The number of rotatable bonds is 5. The van der Waals surface area contributed by atoms with Crippen molar-refractivity contribution < 1.29 is 14.3 Å². The van der Waals surface area contributed by atoms with Gasteiger partial charge in [0.1, 0.15) is 5.82 Å². The molecule has 0 N–H and O–H groups in total. The molecular formula is C18H28N4O3. The molecule has 0 aromatic carbocycles.